The van der Waals surface area contributed by atoms with E-state index in [-0.39, 0.29) is 17.8 Å². The molecule has 0 aromatic carbocycles. The molecule has 1 rings (SSSR count). The van der Waals surface area contributed by atoms with Crippen molar-refractivity contribution >= 4 is 5.82 Å². The van der Waals surface area contributed by atoms with Gasteiger partial charge < -0.3 is 20.2 Å². The zero-order valence-corrected chi connectivity index (χ0v) is 8.93. The summed E-state index contributed by atoms with van der Waals surface area (Å²) >= 11 is 0. The van der Waals surface area contributed by atoms with E-state index >= 15 is 0 Å². The smallest absolute Gasteiger partial charge is 0.426 e. The summed E-state index contributed by atoms with van der Waals surface area (Å²) in [4.78, 5) is 13.7. The SMILES string of the molecule is CNCC(C)Oc1c([N+](=O)[O-])ncn1C. The second-order valence-electron chi connectivity index (χ2n) is 3.23. The highest BCUT2D eigenvalue weighted by Gasteiger charge is 2.23. The van der Waals surface area contributed by atoms with E-state index in [2.05, 4.69) is 10.3 Å². The first-order valence-electron chi connectivity index (χ1n) is 4.53. The highest BCUT2D eigenvalue weighted by molar-refractivity contribution is 5.33. The summed E-state index contributed by atoms with van der Waals surface area (Å²) < 4.78 is 6.90. The molecule has 0 radical (unpaired) electrons. The third-order valence-corrected chi connectivity index (χ3v) is 1.84. The molecule has 0 aliphatic carbocycles. The Labute approximate surface area is 87.2 Å². The Kier molecular flexibility index (Phi) is 3.62. The van der Waals surface area contributed by atoms with Crippen LogP contribution < -0.4 is 10.1 Å². The van der Waals surface area contributed by atoms with Crippen LogP contribution in [0.4, 0.5) is 5.82 Å². The number of ether oxygens (including phenoxy) is 1. The topological polar surface area (TPSA) is 82.2 Å². The van der Waals surface area contributed by atoms with E-state index in [1.54, 1.807) is 14.1 Å². The number of aromatic nitrogens is 2. The van der Waals surface area contributed by atoms with Crippen molar-refractivity contribution in [3.8, 4) is 5.88 Å². The zero-order valence-electron chi connectivity index (χ0n) is 8.93. The maximum Gasteiger partial charge on any atom is 0.426 e. The molecule has 0 amide bonds. The van der Waals surface area contributed by atoms with Gasteiger partial charge in [0.25, 0.3) is 5.88 Å². The van der Waals surface area contributed by atoms with Gasteiger partial charge in [-0.05, 0) is 23.9 Å². The lowest BCUT2D eigenvalue weighted by molar-refractivity contribution is -0.390. The fourth-order valence-corrected chi connectivity index (χ4v) is 1.19. The summed E-state index contributed by atoms with van der Waals surface area (Å²) in [5, 5.41) is 13.5. The standard InChI is InChI=1S/C8H14N4O3/c1-6(4-9-2)15-8-7(12(13)14)10-5-11(8)3/h5-6,9H,4H2,1-3H3. The second-order valence-corrected chi connectivity index (χ2v) is 3.23. The average Bonchev–Trinajstić information content (AvgIpc) is 2.48. The lowest BCUT2D eigenvalue weighted by Crippen LogP contribution is -2.26. The zero-order chi connectivity index (χ0) is 11.4. The molecular formula is C8H14N4O3. The molecule has 1 unspecified atom stereocenters. The first kappa shape index (κ1) is 11.4. The van der Waals surface area contributed by atoms with Crippen molar-refractivity contribution in [2.24, 2.45) is 7.05 Å². The van der Waals surface area contributed by atoms with Gasteiger partial charge >= 0.3 is 5.82 Å². The molecule has 0 saturated carbocycles. The minimum atomic E-state index is -0.554. The quantitative estimate of drug-likeness (QED) is 0.563. The molecule has 1 aromatic heterocycles. The molecule has 1 atom stereocenters. The number of nitrogens with zero attached hydrogens (tertiary/aromatic N) is 3. The molecule has 1 N–H and O–H groups in total. The maximum absolute atomic E-state index is 10.6. The minimum Gasteiger partial charge on any atom is -0.468 e. The Balaban J connectivity index is 2.83. The Morgan fingerprint density at radius 2 is 2.47 bits per heavy atom. The number of hydrogen-bond donors (Lipinski definition) is 1. The largest absolute Gasteiger partial charge is 0.468 e. The molecule has 1 aromatic rings. The predicted octanol–water partition coefficient (Wildman–Crippen LogP) is 0.315. The van der Waals surface area contributed by atoms with Crippen molar-refractivity contribution in [3.05, 3.63) is 16.4 Å². The van der Waals surface area contributed by atoms with Crippen molar-refractivity contribution in [2.75, 3.05) is 13.6 Å². The van der Waals surface area contributed by atoms with Gasteiger partial charge in [-0.25, -0.2) is 0 Å². The number of likely N-dealkylation sites (N-methyl/N-ethyl adjacent to an activating group) is 1. The first-order chi connectivity index (χ1) is 7.06. The van der Waals surface area contributed by atoms with Gasteiger partial charge in [-0.3, -0.25) is 4.57 Å². The van der Waals surface area contributed by atoms with Crippen molar-refractivity contribution in [2.45, 2.75) is 13.0 Å². The normalized spacial score (nSPS) is 12.5. The summed E-state index contributed by atoms with van der Waals surface area (Å²) in [5.41, 5.74) is 0. The van der Waals surface area contributed by atoms with Gasteiger partial charge in [0, 0.05) is 13.6 Å². The van der Waals surface area contributed by atoms with Gasteiger partial charge in [-0.2, -0.15) is 0 Å². The fraction of sp³-hybridized carbons (Fsp3) is 0.625. The molecule has 0 spiro atoms. The van der Waals surface area contributed by atoms with Crippen LogP contribution >= 0.6 is 0 Å². The Bertz CT molecular complexity index is 350. The number of nitrogens with one attached hydrogen (secondary N) is 1. The summed E-state index contributed by atoms with van der Waals surface area (Å²) in [6, 6.07) is 0. The van der Waals surface area contributed by atoms with E-state index in [1.165, 1.54) is 10.9 Å². The number of aryl methyl sites for hydroxylation is 1. The van der Waals surface area contributed by atoms with Gasteiger partial charge in [0.1, 0.15) is 6.10 Å². The van der Waals surface area contributed by atoms with Crippen LogP contribution in [0.1, 0.15) is 6.92 Å². The van der Waals surface area contributed by atoms with E-state index in [0.29, 0.717) is 6.54 Å². The molecule has 7 heteroatoms. The van der Waals surface area contributed by atoms with Crippen molar-refractivity contribution in [3.63, 3.8) is 0 Å². The lowest BCUT2D eigenvalue weighted by Gasteiger charge is -2.12. The number of rotatable bonds is 5. The van der Waals surface area contributed by atoms with Gasteiger partial charge in [0.05, 0.1) is 0 Å². The van der Waals surface area contributed by atoms with Crippen LogP contribution in [0, 0.1) is 10.1 Å². The van der Waals surface area contributed by atoms with Crippen LogP contribution in [0.5, 0.6) is 5.88 Å². The molecule has 1 heterocycles. The van der Waals surface area contributed by atoms with Crippen LogP contribution in [-0.2, 0) is 7.05 Å². The Morgan fingerprint density at radius 1 is 1.80 bits per heavy atom. The minimum absolute atomic E-state index is 0.149. The molecule has 15 heavy (non-hydrogen) atoms. The number of hydrogen-bond acceptors (Lipinski definition) is 5. The van der Waals surface area contributed by atoms with E-state index in [4.69, 9.17) is 4.74 Å². The summed E-state index contributed by atoms with van der Waals surface area (Å²) in [6.45, 7) is 2.44. The monoisotopic (exact) mass is 214 g/mol. The van der Waals surface area contributed by atoms with Crippen molar-refractivity contribution in [1.82, 2.24) is 14.9 Å². The molecule has 0 fully saturated rings. The lowest BCUT2D eigenvalue weighted by atomic mass is 10.4. The Morgan fingerprint density at radius 3 is 3.00 bits per heavy atom. The van der Waals surface area contributed by atoms with E-state index in [9.17, 15) is 10.1 Å². The fourth-order valence-electron chi connectivity index (χ4n) is 1.19. The molecule has 0 bridgehead atoms. The summed E-state index contributed by atoms with van der Waals surface area (Å²) in [6.07, 6.45) is 1.21. The van der Waals surface area contributed by atoms with Crippen LogP contribution in [0.2, 0.25) is 0 Å². The van der Waals surface area contributed by atoms with Crippen molar-refractivity contribution in [1.29, 1.82) is 0 Å². The van der Waals surface area contributed by atoms with Crippen LogP contribution in [0.25, 0.3) is 0 Å². The predicted molar refractivity (Wildman–Crippen MR) is 53.9 cm³/mol. The van der Waals surface area contributed by atoms with E-state index < -0.39 is 4.92 Å². The number of imidazole rings is 1. The molecule has 0 aliphatic rings. The highest BCUT2D eigenvalue weighted by Crippen LogP contribution is 2.24. The first-order valence-corrected chi connectivity index (χ1v) is 4.53. The van der Waals surface area contributed by atoms with E-state index in [0.717, 1.165) is 0 Å². The van der Waals surface area contributed by atoms with Gasteiger partial charge in [0.2, 0.25) is 6.33 Å². The van der Waals surface area contributed by atoms with Crippen LogP contribution in [-0.4, -0.2) is 34.2 Å². The third-order valence-electron chi connectivity index (χ3n) is 1.84. The molecule has 0 saturated heterocycles. The van der Waals surface area contributed by atoms with Crippen molar-refractivity contribution < 1.29 is 9.66 Å². The van der Waals surface area contributed by atoms with Crippen LogP contribution in [0.15, 0.2) is 6.33 Å². The third kappa shape index (κ3) is 2.66. The second kappa shape index (κ2) is 4.74. The average molecular weight is 214 g/mol. The van der Waals surface area contributed by atoms with Crippen LogP contribution in [0.3, 0.4) is 0 Å². The Hall–Kier alpha value is -1.63. The molecule has 84 valence electrons. The maximum atomic E-state index is 10.6. The van der Waals surface area contributed by atoms with E-state index in [1.807, 2.05) is 6.92 Å². The van der Waals surface area contributed by atoms with Gasteiger partial charge in [0.15, 0.2) is 0 Å². The molecule has 7 nitrogen and oxygen atoms in total. The number of nitro groups is 1. The molecular weight excluding hydrogens is 200 g/mol. The van der Waals surface area contributed by atoms with Gasteiger partial charge in [-0.1, -0.05) is 0 Å². The summed E-state index contributed by atoms with van der Waals surface area (Å²) in [7, 11) is 3.44. The highest BCUT2D eigenvalue weighted by atomic mass is 16.6. The summed E-state index contributed by atoms with van der Waals surface area (Å²) in [5.74, 6) is -0.0665. The van der Waals surface area contributed by atoms with Gasteiger partial charge in [-0.15, -0.1) is 0 Å². The molecule has 0 aliphatic heterocycles.